The van der Waals surface area contributed by atoms with Gasteiger partial charge in [0.25, 0.3) is 0 Å². The van der Waals surface area contributed by atoms with Crippen LogP contribution in [0.15, 0.2) is 54.7 Å². The Morgan fingerprint density at radius 1 is 1.14 bits per heavy atom. The van der Waals surface area contributed by atoms with Crippen molar-refractivity contribution >= 4 is 15.5 Å². The third-order valence-corrected chi connectivity index (χ3v) is 4.63. The molecule has 6 heteroatoms. The highest BCUT2D eigenvalue weighted by atomic mass is 32.2. The van der Waals surface area contributed by atoms with Gasteiger partial charge in [-0.15, -0.1) is 0 Å². The highest BCUT2D eigenvalue weighted by Crippen LogP contribution is 2.09. The van der Waals surface area contributed by atoms with Crippen LogP contribution in [0.3, 0.4) is 0 Å². The first kappa shape index (κ1) is 14.7. The van der Waals surface area contributed by atoms with E-state index in [4.69, 9.17) is 0 Å². The highest BCUT2D eigenvalue weighted by Gasteiger charge is 2.12. The summed E-state index contributed by atoms with van der Waals surface area (Å²) in [4.78, 5) is 0. The molecule has 0 saturated carbocycles. The molecule has 2 heterocycles. The molecule has 0 fully saturated rings. The van der Waals surface area contributed by atoms with Gasteiger partial charge < -0.3 is 0 Å². The number of nitrogens with one attached hydrogen (secondary N) is 1. The molecule has 0 atom stereocenters. The number of benzene rings is 1. The van der Waals surface area contributed by atoms with E-state index in [-0.39, 0.29) is 12.3 Å². The van der Waals surface area contributed by atoms with Gasteiger partial charge in [-0.25, -0.2) is 17.7 Å². The van der Waals surface area contributed by atoms with Gasteiger partial charge in [-0.1, -0.05) is 35.9 Å². The Bertz CT molecular complexity index is 867. The monoisotopic (exact) mass is 315 g/mol. The van der Waals surface area contributed by atoms with E-state index in [1.54, 1.807) is 4.52 Å². The lowest BCUT2D eigenvalue weighted by Gasteiger charge is -2.06. The Morgan fingerprint density at radius 2 is 2.00 bits per heavy atom. The summed E-state index contributed by atoms with van der Waals surface area (Å²) in [6, 6.07) is 15.1. The van der Waals surface area contributed by atoms with Crippen molar-refractivity contribution in [1.82, 2.24) is 14.3 Å². The van der Waals surface area contributed by atoms with Gasteiger partial charge in [0, 0.05) is 6.20 Å². The van der Waals surface area contributed by atoms with Crippen LogP contribution in [0.2, 0.25) is 0 Å². The van der Waals surface area contributed by atoms with Crippen molar-refractivity contribution in [3.8, 4) is 0 Å². The number of aryl methyl sites for hydroxylation is 1. The van der Waals surface area contributed by atoms with Crippen molar-refractivity contribution in [1.29, 1.82) is 0 Å². The lowest BCUT2D eigenvalue weighted by Crippen LogP contribution is -2.25. The van der Waals surface area contributed by atoms with Crippen LogP contribution in [-0.4, -0.2) is 18.0 Å². The number of sulfonamides is 1. The molecule has 0 aliphatic carbocycles. The van der Waals surface area contributed by atoms with Crippen LogP contribution in [0.4, 0.5) is 0 Å². The van der Waals surface area contributed by atoms with Gasteiger partial charge in [-0.2, -0.15) is 5.10 Å². The average Bonchev–Trinajstić information content (AvgIpc) is 2.88. The van der Waals surface area contributed by atoms with E-state index in [0.717, 1.165) is 16.6 Å². The molecule has 1 aromatic carbocycles. The summed E-state index contributed by atoms with van der Waals surface area (Å²) in [6.45, 7) is 2.13. The third kappa shape index (κ3) is 3.52. The van der Waals surface area contributed by atoms with Crippen molar-refractivity contribution < 1.29 is 8.42 Å². The van der Waals surface area contributed by atoms with Crippen LogP contribution < -0.4 is 4.72 Å². The largest absolute Gasteiger partial charge is 0.241 e. The first-order chi connectivity index (χ1) is 10.5. The molecule has 0 aliphatic heterocycles. The summed E-state index contributed by atoms with van der Waals surface area (Å²) in [6.07, 6.45) is 1.83. The van der Waals surface area contributed by atoms with Gasteiger partial charge in [0.1, 0.15) is 0 Å². The second-order valence-electron chi connectivity index (χ2n) is 5.28. The maximum atomic E-state index is 12.2. The normalized spacial score (nSPS) is 11.9. The smallest absolute Gasteiger partial charge is 0.216 e. The number of hydrogen-bond acceptors (Lipinski definition) is 3. The minimum Gasteiger partial charge on any atom is -0.241 e. The van der Waals surface area contributed by atoms with E-state index in [1.165, 1.54) is 0 Å². The molecule has 0 bridgehead atoms. The molecule has 114 valence electrons. The molecular formula is C16H17N3O2S. The quantitative estimate of drug-likeness (QED) is 0.785. The van der Waals surface area contributed by atoms with E-state index in [0.29, 0.717) is 5.69 Å². The second kappa shape index (κ2) is 5.90. The number of aromatic nitrogens is 2. The molecule has 0 amide bonds. The lowest BCUT2D eigenvalue weighted by atomic mass is 10.2. The van der Waals surface area contributed by atoms with Crippen LogP contribution >= 0.6 is 0 Å². The number of rotatable bonds is 5. The minimum absolute atomic E-state index is 0.0257. The summed E-state index contributed by atoms with van der Waals surface area (Å²) < 4.78 is 28.6. The van der Waals surface area contributed by atoms with Crippen molar-refractivity contribution in [2.45, 2.75) is 19.2 Å². The highest BCUT2D eigenvalue weighted by molar-refractivity contribution is 7.88. The minimum atomic E-state index is -3.39. The maximum absolute atomic E-state index is 12.2. The molecule has 0 unspecified atom stereocenters. The van der Waals surface area contributed by atoms with E-state index in [1.807, 2.05) is 61.7 Å². The first-order valence-corrected chi connectivity index (χ1v) is 8.63. The molecule has 3 rings (SSSR count). The molecule has 5 nitrogen and oxygen atoms in total. The fourth-order valence-corrected chi connectivity index (χ4v) is 3.42. The average molecular weight is 315 g/mol. The third-order valence-electron chi connectivity index (χ3n) is 3.33. The maximum Gasteiger partial charge on any atom is 0.216 e. The molecule has 3 aromatic rings. The van der Waals surface area contributed by atoms with Crippen LogP contribution in [0.25, 0.3) is 5.52 Å². The molecule has 22 heavy (non-hydrogen) atoms. The number of nitrogens with zero attached hydrogens (tertiary/aromatic N) is 2. The number of hydrogen-bond donors (Lipinski definition) is 1. The molecule has 0 spiro atoms. The Hall–Kier alpha value is -2.18. The van der Waals surface area contributed by atoms with Crippen LogP contribution in [0, 0.1) is 6.92 Å². The van der Waals surface area contributed by atoms with Crippen LogP contribution in [0.1, 0.15) is 16.8 Å². The van der Waals surface area contributed by atoms with E-state index >= 15 is 0 Å². The predicted molar refractivity (Wildman–Crippen MR) is 85.8 cm³/mol. The van der Waals surface area contributed by atoms with Crippen molar-refractivity contribution in [3.63, 3.8) is 0 Å². The van der Waals surface area contributed by atoms with Crippen molar-refractivity contribution in [2.24, 2.45) is 0 Å². The summed E-state index contributed by atoms with van der Waals surface area (Å²) in [5, 5.41) is 4.33. The van der Waals surface area contributed by atoms with E-state index in [2.05, 4.69) is 9.82 Å². The summed E-state index contributed by atoms with van der Waals surface area (Å²) in [5.41, 5.74) is 3.46. The van der Waals surface area contributed by atoms with Gasteiger partial charge in [-0.3, -0.25) is 0 Å². The van der Waals surface area contributed by atoms with Gasteiger partial charge in [0.2, 0.25) is 10.0 Å². The molecule has 0 saturated heterocycles. The SMILES string of the molecule is Cc1cccc(CS(=O)(=O)NCc2cc3ccccn3n2)c1. The summed E-state index contributed by atoms with van der Waals surface area (Å²) in [7, 11) is -3.39. The Balaban J connectivity index is 1.69. The van der Waals surface area contributed by atoms with Gasteiger partial charge >= 0.3 is 0 Å². The molecule has 2 aromatic heterocycles. The zero-order chi connectivity index (χ0) is 15.6. The Morgan fingerprint density at radius 3 is 2.77 bits per heavy atom. The fourth-order valence-electron chi connectivity index (χ4n) is 2.33. The lowest BCUT2D eigenvalue weighted by molar-refractivity contribution is 0.579. The van der Waals surface area contributed by atoms with Gasteiger partial charge in [-0.05, 0) is 30.7 Å². The predicted octanol–water partition coefficient (Wildman–Crippen LogP) is 2.26. The van der Waals surface area contributed by atoms with E-state index in [9.17, 15) is 8.42 Å². The second-order valence-corrected chi connectivity index (χ2v) is 7.08. The zero-order valence-corrected chi connectivity index (χ0v) is 13.0. The summed E-state index contributed by atoms with van der Waals surface area (Å²) >= 11 is 0. The first-order valence-electron chi connectivity index (χ1n) is 6.98. The Kier molecular flexibility index (Phi) is 3.96. The molecule has 0 aliphatic rings. The topological polar surface area (TPSA) is 63.5 Å². The van der Waals surface area contributed by atoms with Crippen LogP contribution in [-0.2, 0) is 22.3 Å². The standard InChI is InChI=1S/C16H17N3O2S/c1-13-5-4-6-14(9-13)12-22(20,21)17-11-15-10-16-7-2-3-8-19(16)18-15/h2-10,17H,11-12H2,1H3. The van der Waals surface area contributed by atoms with Crippen molar-refractivity contribution in [3.05, 3.63) is 71.5 Å². The molecule has 0 radical (unpaired) electrons. The van der Waals surface area contributed by atoms with Gasteiger partial charge in [0.05, 0.1) is 23.5 Å². The zero-order valence-electron chi connectivity index (χ0n) is 12.2. The molecule has 1 N–H and O–H groups in total. The Labute approximate surface area is 129 Å². The number of fused-ring (bicyclic) bond motifs is 1. The van der Waals surface area contributed by atoms with Crippen LogP contribution in [0.5, 0.6) is 0 Å². The molecular weight excluding hydrogens is 298 g/mol. The van der Waals surface area contributed by atoms with E-state index < -0.39 is 10.0 Å². The van der Waals surface area contributed by atoms with Crippen molar-refractivity contribution in [2.75, 3.05) is 0 Å². The fraction of sp³-hybridized carbons (Fsp3) is 0.188. The number of pyridine rings is 1. The van der Waals surface area contributed by atoms with Gasteiger partial charge in [0.15, 0.2) is 0 Å². The summed E-state index contributed by atoms with van der Waals surface area (Å²) in [5.74, 6) is -0.0257.